The monoisotopic (exact) mass is 642 g/mol. The summed E-state index contributed by atoms with van der Waals surface area (Å²) in [6.45, 7) is 2.81. The van der Waals surface area contributed by atoms with Crippen LogP contribution in [-0.2, 0) is 58.8 Å². The lowest BCUT2D eigenvalue weighted by Crippen LogP contribution is -2.62. The summed E-state index contributed by atoms with van der Waals surface area (Å²) < 4.78 is 38.3. The van der Waals surface area contributed by atoms with Gasteiger partial charge in [0, 0.05) is 18.4 Å². The molecular weight excluding hydrogens is 600 g/mol. The molecule has 4 aromatic rings. The topological polar surface area (TPSA) is 72.5 Å². The lowest BCUT2D eigenvalue weighted by Gasteiger charge is -2.45. The highest BCUT2D eigenvalue weighted by Crippen LogP contribution is 2.31. The summed E-state index contributed by atoms with van der Waals surface area (Å²) in [4.78, 5) is 11.9. The van der Waals surface area contributed by atoms with Gasteiger partial charge in [0.05, 0.1) is 26.4 Å². The molecule has 1 saturated heterocycles. The van der Waals surface area contributed by atoms with Crippen molar-refractivity contribution in [2.45, 2.75) is 63.2 Å². The Balaban J connectivity index is 1.37. The average molecular weight is 643 g/mol. The highest BCUT2D eigenvalue weighted by molar-refractivity contribution is 7.98. The van der Waals surface area contributed by atoms with Gasteiger partial charge in [-0.25, -0.2) is 0 Å². The fourth-order valence-corrected chi connectivity index (χ4v) is 5.99. The molecule has 46 heavy (non-hydrogen) atoms. The zero-order chi connectivity index (χ0) is 31.8. The van der Waals surface area contributed by atoms with Crippen LogP contribution in [0.3, 0.4) is 0 Å². The number of hydrogen-bond acceptors (Lipinski definition) is 8. The van der Waals surface area contributed by atoms with E-state index < -0.39 is 36.7 Å². The molecule has 0 saturated carbocycles. The smallest absolute Gasteiger partial charge is 0.302 e. The molecule has 5 rings (SSSR count). The Morgan fingerprint density at radius 2 is 1.07 bits per heavy atom. The Hall–Kier alpha value is -3.50. The van der Waals surface area contributed by atoms with Crippen molar-refractivity contribution in [2.75, 3.05) is 19.0 Å². The molecule has 0 N–H and O–H groups in total. The van der Waals surface area contributed by atoms with Crippen LogP contribution in [0.2, 0.25) is 0 Å². The Morgan fingerprint density at radius 3 is 1.57 bits per heavy atom. The maximum Gasteiger partial charge on any atom is 0.302 e. The molecule has 5 atom stereocenters. The third-order valence-electron chi connectivity index (χ3n) is 7.52. The van der Waals surface area contributed by atoms with Gasteiger partial charge in [0.25, 0.3) is 0 Å². The lowest BCUT2D eigenvalue weighted by atomic mass is 9.97. The Morgan fingerprint density at radius 1 is 0.609 bits per heavy atom. The number of rotatable bonds is 17. The number of esters is 1. The van der Waals surface area contributed by atoms with Gasteiger partial charge in [0.15, 0.2) is 6.29 Å². The molecule has 0 radical (unpaired) electrons. The van der Waals surface area contributed by atoms with Crippen molar-refractivity contribution in [2.24, 2.45) is 0 Å². The molecule has 242 valence electrons. The third-order valence-corrected chi connectivity index (χ3v) is 8.51. The number of carbonyl (C=O) groups excluding carboxylic acids is 1. The lowest BCUT2D eigenvalue weighted by molar-refractivity contribution is -0.326. The number of ether oxygens (including phenoxy) is 6. The first-order valence-corrected chi connectivity index (χ1v) is 16.8. The minimum Gasteiger partial charge on any atom is -0.463 e. The maximum absolute atomic E-state index is 11.9. The SMILES string of the molecule is CC(=O)OC[C@H]1O[C@H](OCCSCc2ccccc2)[C@H](OCc2ccccc2)[C@@H](OCc2ccccc2)[C@@H]1OCc1ccccc1. The first-order valence-electron chi connectivity index (χ1n) is 15.6. The highest BCUT2D eigenvalue weighted by atomic mass is 32.2. The van der Waals surface area contributed by atoms with E-state index in [-0.39, 0.29) is 6.61 Å². The summed E-state index contributed by atoms with van der Waals surface area (Å²) in [5, 5.41) is 0. The molecule has 8 heteroatoms. The van der Waals surface area contributed by atoms with Crippen LogP contribution < -0.4 is 0 Å². The molecule has 0 aliphatic carbocycles. The van der Waals surface area contributed by atoms with Gasteiger partial charge >= 0.3 is 5.97 Å². The summed E-state index contributed by atoms with van der Waals surface area (Å²) in [6, 6.07) is 40.3. The van der Waals surface area contributed by atoms with E-state index in [1.165, 1.54) is 12.5 Å². The van der Waals surface area contributed by atoms with Gasteiger partial charge in [0.2, 0.25) is 0 Å². The number of benzene rings is 4. The van der Waals surface area contributed by atoms with Crippen LogP contribution in [0.25, 0.3) is 0 Å². The van der Waals surface area contributed by atoms with Gasteiger partial charge in [-0.15, -0.1) is 0 Å². The normalized spacial score (nSPS) is 21.1. The molecule has 0 amide bonds. The van der Waals surface area contributed by atoms with Crippen molar-refractivity contribution in [1.29, 1.82) is 0 Å². The Bertz CT molecular complexity index is 1410. The standard InChI is InChI=1S/C38H42O7S/c1-29(39)41-27-34-35(42-24-30-14-6-2-7-15-30)36(43-25-31-16-8-3-9-17-31)37(44-26-32-18-10-4-11-19-32)38(45-34)40-22-23-46-28-33-20-12-5-13-21-33/h2-21,34-38H,22-28H2,1H3/t34-,35-,36+,37-,38+/m1/s1. The van der Waals surface area contributed by atoms with Crippen LogP contribution in [0.4, 0.5) is 0 Å². The van der Waals surface area contributed by atoms with Gasteiger partial charge in [-0.2, -0.15) is 11.8 Å². The summed E-state index contributed by atoms with van der Waals surface area (Å²) in [6.07, 6.45) is -3.26. The summed E-state index contributed by atoms with van der Waals surface area (Å²) in [7, 11) is 0. The quantitative estimate of drug-likeness (QED) is 0.0903. The number of carbonyl (C=O) groups is 1. The first-order chi connectivity index (χ1) is 22.7. The predicted molar refractivity (Wildman–Crippen MR) is 179 cm³/mol. The van der Waals surface area contributed by atoms with E-state index in [1.54, 1.807) is 11.8 Å². The second-order valence-electron chi connectivity index (χ2n) is 11.0. The zero-order valence-electron chi connectivity index (χ0n) is 26.1. The largest absolute Gasteiger partial charge is 0.463 e. The van der Waals surface area contributed by atoms with E-state index in [2.05, 4.69) is 12.1 Å². The summed E-state index contributed by atoms with van der Waals surface area (Å²) >= 11 is 1.79. The molecule has 1 heterocycles. The minimum atomic E-state index is -0.779. The van der Waals surface area contributed by atoms with E-state index in [1.807, 2.05) is 109 Å². The second kappa shape index (κ2) is 18.6. The van der Waals surface area contributed by atoms with Crippen molar-refractivity contribution >= 4 is 17.7 Å². The zero-order valence-corrected chi connectivity index (χ0v) is 27.0. The molecule has 0 bridgehead atoms. The van der Waals surface area contributed by atoms with Crippen LogP contribution in [0.1, 0.15) is 29.2 Å². The van der Waals surface area contributed by atoms with Crippen molar-refractivity contribution in [3.05, 3.63) is 144 Å². The molecule has 0 unspecified atom stereocenters. The molecule has 1 aliphatic rings. The van der Waals surface area contributed by atoms with E-state index in [0.29, 0.717) is 26.4 Å². The molecule has 1 fully saturated rings. The molecule has 1 aliphatic heterocycles. The summed E-state index contributed by atoms with van der Waals surface area (Å²) in [5.74, 6) is 1.25. The van der Waals surface area contributed by atoms with Gasteiger partial charge < -0.3 is 28.4 Å². The number of thioether (sulfide) groups is 1. The van der Waals surface area contributed by atoms with Crippen molar-refractivity contribution in [3.63, 3.8) is 0 Å². The minimum absolute atomic E-state index is 0.00594. The molecule has 4 aromatic carbocycles. The van der Waals surface area contributed by atoms with Crippen LogP contribution in [0.5, 0.6) is 0 Å². The van der Waals surface area contributed by atoms with E-state index in [9.17, 15) is 4.79 Å². The predicted octanol–water partition coefficient (Wildman–Crippen LogP) is 6.98. The van der Waals surface area contributed by atoms with Crippen molar-refractivity contribution < 1.29 is 33.2 Å². The van der Waals surface area contributed by atoms with Crippen LogP contribution >= 0.6 is 11.8 Å². The maximum atomic E-state index is 11.9. The van der Waals surface area contributed by atoms with Gasteiger partial charge in [-0.1, -0.05) is 121 Å². The number of hydrogen-bond donors (Lipinski definition) is 0. The third kappa shape index (κ3) is 10.8. The van der Waals surface area contributed by atoms with Gasteiger partial charge in [-0.3, -0.25) is 4.79 Å². The molecule has 0 spiro atoms. The van der Waals surface area contributed by atoms with Crippen LogP contribution in [-0.4, -0.2) is 55.6 Å². The van der Waals surface area contributed by atoms with E-state index in [0.717, 1.165) is 28.2 Å². The fraction of sp³-hybridized carbons (Fsp3) is 0.342. The Labute approximate surface area is 276 Å². The average Bonchev–Trinajstić information content (AvgIpc) is 3.10. The summed E-state index contributed by atoms with van der Waals surface area (Å²) in [5.41, 5.74) is 4.31. The van der Waals surface area contributed by atoms with Crippen molar-refractivity contribution in [3.8, 4) is 0 Å². The first kappa shape index (κ1) is 33.9. The van der Waals surface area contributed by atoms with E-state index in [4.69, 9.17) is 28.4 Å². The molecular formula is C38H42O7S. The van der Waals surface area contributed by atoms with Gasteiger partial charge in [0.1, 0.15) is 31.0 Å². The fourth-order valence-electron chi connectivity index (χ4n) is 5.20. The van der Waals surface area contributed by atoms with Crippen LogP contribution in [0.15, 0.2) is 121 Å². The molecule has 7 nitrogen and oxygen atoms in total. The molecule has 0 aromatic heterocycles. The second-order valence-corrected chi connectivity index (χ2v) is 12.1. The van der Waals surface area contributed by atoms with Crippen LogP contribution in [0, 0.1) is 0 Å². The van der Waals surface area contributed by atoms with E-state index >= 15 is 0 Å². The highest BCUT2D eigenvalue weighted by Gasteiger charge is 2.49. The Kier molecular flexibility index (Phi) is 13.7. The van der Waals surface area contributed by atoms with Crippen molar-refractivity contribution in [1.82, 2.24) is 0 Å². The van der Waals surface area contributed by atoms with Gasteiger partial charge in [-0.05, 0) is 22.3 Å².